The van der Waals surface area contributed by atoms with Gasteiger partial charge in [-0.1, -0.05) is 6.42 Å². The summed E-state index contributed by atoms with van der Waals surface area (Å²) < 4.78 is 11.0. The summed E-state index contributed by atoms with van der Waals surface area (Å²) >= 11 is 0. The number of carbonyl (C=O) groups is 1. The van der Waals surface area contributed by atoms with Gasteiger partial charge in [-0.2, -0.15) is 0 Å². The van der Waals surface area contributed by atoms with Crippen LogP contribution in [0.25, 0.3) is 0 Å². The maximum atomic E-state index is 12.4. The number of ether oxygens (including phenoxy) is 1. The number of carbonyl (C=O) groups excluding carboxylic acids is 1. The summed E-state index contributed by atoms with van der Waals surface area (Å²) in [5.74, 6) is 0.0951. The third-order valence-corrected chi connectivity index (χ3v) is 6.42. The molecule has 4 rings (SSSR count). The van der Waals surface area contributed by atoms with Gasteiger partial charge in [0.2, 0.25) is 0 Å². The van der Waals surface area contributed by atoms with Crippen molar-refractivity contribution in [3.63, 3.8) is 0 Å². The molecule has 1 aromatic rings. The van der Waals surface area contributed by atoms with Crippen molar-refractivity contribution in [1.82, 2.24) is 10.2 Å². The Morgan fingerprint density at radius 3 is 2.79 bits per heavy atom. The van der Waals surface area contributed by atoms with Crippen LogP contribution in [0.3, 0.4) is 0 Å². The van der Waals surface area contributed by atoms with Crippen molar-refractivity contribution in [2.45, 2.75) is 63.6 Å². The normalized spacial score (nSPS) is 29.3. The molecular formula is C19H28N2O3. The molecule has 5 nitrogen and oxygen atoms in total. The molecule has 1 aromatic heterocycles. The minimum atomic E-state index is 0.0951. The molecule has 0 bridgehead atoms. The summed E-state index contributed by atoms with van der Waals surface area (Å²) in [6, 6.07) is 2.89. The third-order valence-electron chi connectivity index (χ3n) is 6.42. The van der Waals surface area contributed by atoms with Crippen LogP contribution in [0, 0.1) is 5.41 Å². The van der Waals surface area contributed by atoms with Crippen molar-refractivity contribution in [2.75, 3.05) is 19.7 Å². The second kappa shape index (κ2) is 6.52. The van der Waals surface area contributed by atoms with Crippen LogP contribution < -0.4 is 5.32 Å². The van der Waals surface area contributed by atoms with Crippen molar-refractivity contribution in [2.24, 2.45) is 5.41 Å². The number of hydrogen-bond donors (Lipinski definition) is 1. The first-order chi connectivity index (χ1) is 11.7. The van der Waals surface area contributed by atoms with E-state index >= 15 is 0 Å². The van der Waals surface area contributed by atoms with E-state index in [-0.39, 0.29) is 5.91 Å². The zero-order chi connectivity index (χ0) is 16.6. The number of hydrogen-bond acceptors (Lipinski definition) is 4. The van der Waals surface area contributed by atoms with Gasteiger partial charge in [0.05, 0.1) is 17.9 Å². The maximum Gasteiger partial charge on any atom is 0.257 e. The molecule has 2 atom stereocenters. The van der Waals surface area contributed by atoms with Gasteiger partial charge in [-0.05, 0) is 45.1 Å². The van der Waals surface area contributed by atoms with Gasteiger partial charge in [0.25, 0.3) is 5.91 Å². The van der Waals surface area contributed by atoms with Gasteiger partial charge in [0.15, 0.2) is 0 Å². The van der Waals surface area contributed by atoms with Gasteiger partial charge < -0.3 is 19.4 Å². The molecular weight excluding hydrogens is 304 g/mol. The summed E-state index contributed by atoms with van der Waals surface area (Å²) in [6.45, 7) is 4.58. The quantitative estimate of drug-likeness (QED) is 0.901. The molecule has 1 spiro atoms. The van der Waals surface area contributed by atoms with Crippen LogP contribution >= 0.6 is 0 Å². The average Bonchev–Trinajstić information content (AvgIpc) is 3.06. The topological polar surface area (TPSA) is 54.7 Å². The maximum absolute atomic E-state index is 12.4. The number of nitrogens with one attached hydrogen (secondary N) is 1. The van der Waals surface area contributed by atoms with E-state index < -0.39 is 0 Å². The van der Waals surface area contributed by atoms with Crippen molar-refractivity contribution in [3.8, 4) is 0 Å². The smallest absolute Gasteiger partial charge is 0.257 e. The Hall–Kier alpha value is -1.33. The monoisotopic (exact) mass is 332 g/mol. The molecule has 0 unspecified atom stereocenters. The number of nitrogens with zero attached hydrogens (tertiary/aromatic N) is 1. The van der Waals surface area contributed by atoms with Gasteiger partial charge >= 0.3 is 0 Å². The van der Waals surface area contributed by atoms with Crippen molar-refractivity contribution in [3.05, 3.63) is 24.2 Å². The first-order valence-corrected chi connectivity index (χ1v) is 9.42. The molecule has 5 heteroatoms. The van der Waals surface area contributed by atoms with Gasteiger partial charge in [-0.25, -0.2) is 0 Å². The van der Waals surface area contributed by atoms with E-state index in [2.05, 4.69) is 12.2 Å². The van der Waals surface area contributed by atoms with Crippen LogP contribution in [-0.2, 0) is 4.74 Å². The summed E-state index contributed by atoms with van der Waals surface area (Å²) in [6.07, 6.45) is 10.8. The third kappa shape index (κ3) is 2.68. The summed E-state index contributed by atoms with van der Waals surface area (Å²) in [5, 5.41) is 3.89. The highest BCUT2D eigenvalue weighted by molar-refractivity contribution is 5.93. The lowest BCUT2D eigenvalue weighted by Gasteiger charge is -2.62. The molecule has 1 amide bonds. The number of rotatable bonds is 5. The highest BCUT2D eigenvalue weighted by Crippen LogP contribution is 2.57. The standard InChI is InChI=1S/C19H28N2O3/c1-2-24-17-12-16(19(17)7-3-8-19)20-15-4-9-21(10-5-15)18(22)14-6-11-23-13-14/h6,11,13,15-17,20H,2-5,7-10,12H2,1H3/t16-,17-/m0/s1. The Morgan fingerprint density at radius 2 is 2.21 bits per heavy atom. The van der Waals surface area contributed by atoms with Gasteiger partial charge in [0, 0.05) is 37.2 Å². The van der Waals surface area contributed by atoms with Gasteiger partial charge in [-0.3, -0.25) is 4.79 Å². The van der Waals surface area contributed by atoms with Crippen LogP contribution in [0.2, 0.25) is 0 Å². The second-order valence-corrected chi connectivity index (χ2v) is 7.56. The molecule has 132 valence electrons. The molecule has 3 aliphatic rings. The summed E-state index contributed by atoms with van der Waals surface area (Å²) in [4.78, 5) is 14.3. The Balaban J connectivity index is 1.27. The number of likely N-dealkylation sites (tertiary alicyclic amines) is 1. The van der Waals surface area contributed by atoms with Crippen LogP contribution in [-0.4, -0.2) is 48.7 Å². The lowest BCUT2D eigenvalue weighted by atomic mass is 9.51. The summed E-state index contributed by atoms with van der Waals surface area (Å²) in [7, 11) is 0. The van der Waals surface area contributed by atoms with Crippen LogP contribution in [0.1, 0.15) is 55.8 Å². The lowest BCUT2D eigenvalue weighted by molar-refractivity contribution is -0.175. The Bertz CT molecular complexity index is 559. The lowest BCUT2D eigenvalue weighted by Crippen LogP contribution is -2.68. The first kappa shape index (κ1) is 16.2. The van der Waals surface area contributed by atoms with E-state index in [0.29, 0.717) is 29.2 Å². The fourth-order valence-electron chi connectivity index (χ4n) is 4.77. The van der Waals surface area contributed by atoms with E-state index in [1.807, 2.05) is 4.90 Å². The molecule has 24 heavy (non-hydrogen) atoms. The molecule has 0 aromatic carbocycles. The Labute approximate surface area is 143 Å². The Kier molecular flexibility index (Phi) is 4.39. The second-order valence-electron chi connectivity index (χ2n) is 7.56. The summed E-state index contributed by atoms with van der Waals surface area (Å²) in [5.41, 5.74) is 1.08. The Morgan fingerprint density at radius 1 is 1.42 bits per heavy atom. The SMILES string of the molecule is CCO[C@H]1C[C@H](NC2CCN(C(=O)c3ccoc3)CC2)C12CCC2. The highest BCUT2D eigenvalue weighted by atomic mass is 16.5. The number of amides is 1. The highest BCUT2D eigenvalue weighted by Gasteiger charge is 2.59. The van der Waals surface area contributed by atoms with E-state index in [1.165, 1.54) is 25.5 Å². The van der Waals surface area contributed by atoms with Gasteiger partial charge in [0.1, 0.15) is 6.26 Å². The molecule has 2 heterocycles. The first-order valence-electron chi connectivity index (χ1n) is 9.42. The van der Waals surface area contributed by atoms with Gasteiger partial charge in [-0.15, -0.1) is 0 Å². The predicted molar refractivity (Wildman–Crippen MR) is 90.9 cm³/mol. The minimum absolute atomic E-state index is 0.0951. The van der Waals surface area contributed by atoms with Crippen molar-refractivity contribution < 1.29 is 13.9 Å². The molecule has 1 saturated heterocycles. The molecule has 0 radical (unpaired) electrons. The average molecular weight is 332 g/mol. The van der Waals surface area contributed by atoms with Crippen LogP contribution in [0.5, 0.6) is 0 Å². The van der Waals surface area contributed by atoms with Crippen LogP contribution in [0.15, 0.2) is 23.0 Å². The molecule has 2 saturated carbocycles. The fourth-order valence-corrected chi connectivity index (χ4v) is 4.77. The van der Waals surface area contributed by atoms with E-state index in [1.54, 1.807) is 12.3 Å². The molecule has 3 fully saturated rings. The molecule has 1 N–H and O–H groups in total. The zero-order valence-corrected chi connectivity index (χ0v) is 14.5. The van der Waals surface area contributed by atoms with Crippen molar-refractivity contribution in [1.29, 1.82) is 0 Å². The largest absolute Gasteiger partial charge is 0.472 e. The minimum Gasteiger partial charge on any atom is -0.472 e. The zero-order valence-electron chi connectivity index (χ0n) is 14.5. The fraction of sp³-hybridized carbons (Fsp3) is 0.737. The number of piperidine rings is 1. The van der Waals surface area contributed by atoms with E-state index in [0.717, 1.165) is 39.0 Å². The van der Waals surface area contributed by atoms with E-state index in [9.17, 15) is 4.79 Å². The number of furan rings is 1. The van der Waals surface area contributed by atoms with Crippen LogP contribution in [0.4, 0.5) is 0 Å². The molecule has 1 aliphatic heterocycles. The van der Waals surface area contributed by atoms with Crippen molar-refractivity contribution >= 4 is 5.91 Å². The molecule has 2 aliphatic carbocycles. The predicted octanol–water partition coefficient (Wildman–Crippen LogP) is 2.82. The van der Waals surface area contributed by atoms with E-state index in [4.69, 9.17) is 9.15 Å².